The first kappa shape index (κ1) is 15.3. The predicted octanol–water partition coefficient (Wildman–Crippen LogP) is 3.70. The molecule has 0 amide bonds. The average molecular weight is 277 g/mol. The van der Waals surface area contributed by atoms with Crippen molar-refractivity contribution in [3.8, 4) is 5.75 Å². The number of nitrogens with one attached hydrogen (secondary N) is 1. The Balaban J connectivity index is 2.02. The molecule has 1 aliphatic rings. The molecule has 1 aromatic carbocycles. The third-order valence-corrected chi connectivity index (χ3v) is 3.88. The van der Waals surface area contributed by atoms with Crippen molar-refractivity contribution >= 4 is 0 Å². The molecule has 0 radical (unpaired) electrons. The zero-order valence-electron chi connectivity index (χ0n) is 12.7. The van der Waals surface area contributed by atoms with Crippen LogP contribution in [-0.4, -0.2) is 26.3 Å². The summed E-state index contributed by atoms with van der Waals surface area (Å²) in [5.74, 6) is 0.901. The lowest BCUT2D eigenvalue weighted by molar-refractivity contribution is -0.00872. The van der Waals surface area contributed by atoms with E-state index in [1.165, 1.54) is 31.2 Å². The molecule has 0 spiro atoms. The van der Waals surface area contributed by atoms with Gasteiger partial charge in [0.2, 0.25) is 0 Å². The highest BCUT2D eigenvalue weighted by molar-refractivity contribution is 5.30. The van der Waals surface area contributed by atoms with Crippen LogP contribution in [0.2, 0.25) is 0 Å². The molecule has 2 rings (SSSR count). The molecule has 0 aromatic heterocycles. The Morgan fingerprint density at radius 3 is 2.80 bits per heavy atom. The van der Waals surface area contributed by atoms with Gasteiger partial charge in [0.1, 0.15) is 5.75 Å². The van der Waals surface area contributed by atoms with E-state index in [1.54, 1.807) is 7.11 Å². The van der Waals surface area contributed by atoms with Crippen molar-refractivity contribution in [1.29, 1.82) is 0 Å². The lowest BCUT2D eigenvalue weighted by atomic mass is 10.1. The van der Waals surface area contributed by atoms with Crippen molar-refractivity contribution < 1.29 is 9.47 Å². The number of hydrogen-bond acceptors (Lipinski definition) is 3. The zero-order chi connectivity index (χ0) is 14.2. The standard InChI is InChI=1S/C17H27NO2/c1-3-11-18-13-17(20-15-8-4-5-9-15)14-7-6-10-16(12-14)19-2/h6-7,10,12,15,17-18H,3-5,8-9,11,13H2,1-2H3. The lowest BCUT2D eigenvalue weighted by Crippen LogP contribution is -2.26. The van der Waals surface area contributed by atoms with E-state index in [2.05, 4.69) is 24.4 Å². The number of rotatable bonds is 8. The van der Waals surface area contributed by atoms with Crippen LogP contribution in [0.25, 0.3) is 0 Å². The van der Waals surface area contributed by atoms with Gasteiger partial charge in [-0.2, -0.15) is 0 Å². The molecule has 1 aromatic rings. The minimum absolute atomic E-state index is 0.125. The predicted molar refractivity (Wildman–Crippen MR) is 82.2 cm³/mol. The highest BCUT2D eigenvalue weighted by Gasteiger charge is 2.21. The summed E-state index contributed by atoms with van der Waals surface area (Å²) in [6.07, 6.45) is 6.71. The third-order valence-electron chi connectivity index (χ3n) is 3.88. The van der Waals surface area contributed by atoms with E-state index in [4.69, 9.17) is 9.47 Å². The first-order valence-electron chi connectivity index (χ1n) is 7.83. The summed E-state index contributed by atoms with van der Waals surface area (Å²) in [4.78, 5) is 0. The summed E-state index contributed by atoms with van der Waals surface area (Å²) in [5, 5.41) is 3.48. The van der Waals surface area contributed by atoms with E-state index in [-0.39, 0.29) is 6.10 Å². The molecule has 1 saturated carbocycles. The molecule has 1 N–H and O–H groups in total. The van der Waals surface area contributed by atoms with Gasteiger partial charge in [0.15, 0.2) is 0 Å². The number of benzene rings is 1. The summed E-state index contributed by atoms with van der Waals surface area (Å²) >= 11 is 0. The van der Waals surface area contributed by atoms with Gasteiger partial charge < -0.3 is 14.8 Å². The molecular weight excluding hydrogens is 250 g/mol. The van der Waals surface area contributed by atoms with Gasteiger partial charge in [-0.1, -0.05) is 31.9 Å². The number of hydrogen-bond donors (Lipinski definition) is 1. The molecule has 1 atom stereocenters. The Morgan fingerprint density at radius 1 is 1.30 bits per heavy atom. The molecule has 3 nitrogen and oxygen atoms in total. The Bertz CT molecular complexity index is 388. The van der Waals surface area contributed by atoms with Crippen LogP contribution in [0, 0.1) is 0 Å². The van der Waals surface area contributed by atoms with E-state index >= 15 is 0 Å². The SMILES string of the molecule is CCCNCC(OC1CCCC1)c1cccc(OC)c1. The maximum absolute atomic E-state index is 6.33. The first-order valence-corrected chi connectivity index (χ1v) is 7.83. The van der Waals surface area contributed by atoms with Gasteiger partial charge in [0, 0.05) is 6.54 Å². The molecule has 1 fully saturated rings. The fourth-order valence-corrected chi connectivity index (χ4v) is 2.75. The van der Waals surface area contributed by atoms with E-state index < -0.39 is 0 Å². The molecule has 1 aliphatic carbocycles. The second kappa shape index (κ2) is 8.28. The second-order valence-corrected chi connectivity index (χ2v) is 5.51. The van der Waals surface area contributed by atoms with Crippen LogP contribution in [0.5, 0.6) is 5.75 Å². The minimum atomic E-state index is 0.125. The quantitative estimate of drug-likeness (QED) is 0.735. The van der Waals surface area contributed by atoms with Gasteiger partial charge in [0.25, 0.3) is 0 Å². The van der Waals surface area contributed by atoms with Crippen LogP contribution >= 0.6 is 0 Å². The molecule has 0 heterocycles. The highest BCUT2D eigenvalue weighted by Crippen LogP contribution is 2.29. The van der Waals surface area contributed by atoms with E-state index in [9.17, 15) is 0 Å². The fourth-order valence-electron chi connectivity index (χ4n) is 2.75. The van der Waals surface area contributed by atoms with Crippen molar-refractivity contribution in [1.82, 2.24) is 5.32 Å². The average Bonchev–Trinajstić information content (AvgIpc) is 2.99. The van der Waals surface area contributed by atoms with Gasteiger partial charge >= 0.3 is 0 Å². The molecule has 0 saturated heterocycles. The molecule has 3 heteroatoms. The van der Waals surface area contributed by atoms with Gasteiger partial charge in [-0.3, -0.25) is 0 Å². The van der Waals surface area contributed by atoms with E-state index in [0.717, 1.165) is 25.3 Å². The van der Waals surface area contributed by atoms with Crippen LogP contribution in [0.15, 0.2) is 24.3 Å². The minimum Gasteiger partial charge on any atom is -0.497 e. The maximum atomic E-state index is 6.33. The van der Waals surface area contributed by atoms with Crippen molar-refractivity contribution in [2.45, 2.75) is 51.2 Å². The van der Waals surface area contributed by atoms with E-state index in [0.29, 0.717) is 6.10 Å². The maximum Gasteiger partial charge on any atom is 0.119 e. The van der Waals surface area contributed by atoms with Crippen molar-refractivity contribution in [3.63, 3.8) is 0 Å². The van der Waals surface area contributed by atoms with Crippen molar-refractivity contribution in [3.05, 3.63) is 29.8 Å². The summed E-state index contributed by atoms with van der Waals surface area (Å²) < 4.78 is 11.7. The van der Waals surface area contributed by atoms with Gasteiger partial charge in [0.05, 0.1) is 19.3 Å². The summed E-state index contributed by atoms with van der Waals surface area (Å²) in [7, 11) is 1.71. The molecule has 20 heavy (non-hydrogen) atoms. The Kier molecular flexibility index (Phi) is 6.34. The monoisotopic (exact) mass is 277 g/mol. The fraction of sp³-hybridized carbons (Fsp3) is 0.647. The number of ether oxygens (including phenoxy) is 2. The summed E-state index contributed by atoms with van der Waals surface area (Å²) in [6, 6.07) is 8.25. The van der Waals surface area contributed by atoms with Gasteiger partial charge in [-0.05, 0) is 43.5 Å². The van der Waals surface area contributed by atoms with Gasteiger partial charge in [-0.15, -0.1) is 0 Å². The molecular formula is C17H27NO2. The molecule has 112 valence electrons. The van der Waals surface area contributed by atoms with E-state index in [1.807, 2.05) is 12.1 Å². The van der Waals surface area contributed by atoms with Crippen LogP contribution < -0.4 is 10.1 Å². The smallest absolute Gasteiger partial charge is 0.119 e. The Hall–Kier alpha value is -1.06. The lowest BCUT2D eigenvalue weighted by Gasteiger charge is -2.23. The van der Waals surface area contributed by atoms with Gasteiger partial charge in [-0.25, -0.2) is 0 Å². The number of methoxy groups -OCH3 is 1. The first-order chi connectivity index (χ1) is 9.83. The third kappa shape index (κ3) is 4.50. The Labute approximate surface area is 122 Å². The Morgan fingerprint density at radius 2 is 2.10 bits per heavy atom. The summed E-state index contributed by atoms with van der Waals surface area (Å²) in [5.41, 5.74) is 1.21. The molecule has 1 unspecified atom stereocenters. The largest absolute Gasteiger partial charge is 0.497 e. The second-order valence-electron chi connectivity index (χ2n) is 5.51. The molecule has 0 bridgehead atoms. The highest BCUT2D eigenvalue weighted by atomic mass is 16.5. The van der Waals surface area contributed by atoms with Crippen molar-refractivity contribution in [2.75, 3.05) is 20.2 Å². The zero-order valence-corrected chi connectivity index (χ0v) is 12.7. The van der Waals surface area contributed by atoms with Crippen LogP contribution in [-0.2, 0) is 4.74 Å². The topological polar surface area (TPSA) is 30.5 Å². The molecule has 0 aliphatic heterocycles. The van der Waals surface area contributed by atoms with Crippen molar-refractivity contribution in [2.24, 2.45) is 0 Å². The van der Waals surface area contributed by atoms with Crippen LogP contribution in [0.3, 0.4) is 0 Å². The van der Waals surface area contributed by atoms with Crippen LogP contribution in [0.4, 0.5) is 0 Å². The summed E-state index contributed by atoms with van der Waals surface area (Å²) in [6.45, 7) is 4.09. The normalized spacial score (nSPS) is 17.3. The van der Waals surface area contributed by atoms with Crippen LogP contribution in [0.1, 0.15) is 50.7 Å².